The summed E-state index contributed by atoms with van der Waals surface area (Å²) in [5.74, 6) is 0.844. The highest BCUT2D eigenvalue weighted by molar-refractivity contribution is 6.14. The minimum Gasteiger partial charge on any atom is -0.497 e. The summed E-state index contributed by atoms with van der Waals surface area (Å²) >= 11 is 0. The first kappa shape index (κ1) is 20.5. The molecule has 0 aliphatic carbocycles. The molecule has 1 aliphatic rings. The smallest absolute Gasteiger partial charge is 0.331 e. The maximum absolute atomic E-state index is 13.2. The van der Waals surface area contributed by atoms with Gasteiger partial charge in [0.25, 0.3) is 5.91 Å². The molecule has 0 saturated carbocycles. The third kappa shape index (κ3) is 3.85. The van der Waals surface area contributed by atoms with Gasteiger partial charge in [0.15, 0.2) is 6.04 Å². The van der Waals surface area contributed by atoms with Crippen molar-refractivity contribution in [3.05, 3.63) is 48.5 Å². The van der Waals surface area contributed by atoms with Crippen molar-refractivity contribution >= 4 is 23.3 Å². The molecular weight excluding hydrogens is 372 g/mol. The van der Waals surface area contributed by atoms with Gasteiger partial charge in [0.2, 0.25) is 0 Å². The maximum atomic E-state index is 13.2. The average molecular weight is 398 g/mol. The van der Waals surface area contributed by atoms with E-state index in [-0.39, 0.29) is 12.5 Å². The molecule has 7 nitrogen and oxygen atoms in total. The first-order valence-electron chi connectivity index (χ1n) is 9.60. The lowest BCUT2D eigenvalue weighted by Crippen LogP contribution is -2.74. The number of methoxy groups -OCH3 is 2. The molecule has 1 aliphatic heterocycles. The summed E-state index contributed by atoms with van der Waals surface area (Å²) in [7, 11) is 3.18. The Morgan fingerprint density at radius 2 is 1.52 bits per heavy atom. The Kier molecular flexibility index (Phi) is 6.26. The predicted molar refractivity (Wildman–Crippen MR) is 111 cm³/mol. The summed E-state index contributed by atoms with van der Waals surface area (Å²) in [6.45, 7) is 4.53. The fourth-order valence-corrected chi connectivity index (χ4v) is 3.58. The van der Waals surface area contributed by atoms with Gasteiger partial charge < -0.3 is 19.1 Å². The highest BCUT2D eigenvalue weighted by Gasteiger charge is 2.55. The van der Waals surface area contributed by atoms with E-state index >= 15 is 0 Å². The molecule has 0 unspecified atom stereocenters. The second-order valence-electron chi connectivity index (χ2n) is 6.53. The van der Waals surface area contributed by atoms with Crippen molar-refractivity contribution in [1.82, 2.24) is 0 Å². The second kappa shape index (κ2) is 8.86. The Bertz CT molecular complexity index is 851. The van der Waals surface area contributed by atoms with Crippen LogP contribution < -0.4 is 19.3 Å². The van der Waals surface area contributed by atoms with Crippen molar-refractivity contribution < 1.29 is 23.8 Å². The molecule has 0 N–H and O–H groups in total. The average Bonchev–Trinajstić information content (AvgIpc) is 2.76. The van der Waals surface area contributed by atoms with Gasteiger partial charge in [-0.05, 0) is 62.4 Å². The number of likely N-dealkylation sites (N-methyl/N-ethyl adjacent to an activating group) is 1. The summed E-state index contributed by atoms with van der Waals surface area (Å²) in [5, 5.41) is 0. The number of anilines is 2. The SMILES string of the molecule is CCOC(=O)[C@H]1[C@H](N(CC)c2ccc(OC)cc2)C(=O)N1c1ccc(OC)cc1. The Balaban J connectivity index is 1.93. The molecule has 0 spiro atoms. The molecule has 0 bridgehead atoms. The van der Waals surface area contributed by atoms with Crippen LogP contribution in [0.1, 0.15) is 13.8 Å². The van der Waals surface area contributed by atoms with Crippen LogP contribution in [-0.2, 0) is 14.3 Å². The van der Waals surface area contributed by atoms with Crippen molar-refractivity contribution in [1.29, 1.82) is 0 Å². The number of β-lactam (4-membered cyclic amide) rings is 1. The largest absolute Gasteiger partial charge is 0.497 e. The van der Waals surface area contributed by atoms with Crippen molar-refractivity contribution in [2.45, 2.75) is 25.9 Å². The van der Waals surface area contributed by atoms with Gasteiger partial charge in [-0.3, -0.25) is 9.69 Å². The number of hydrogen-bond donors (Lipinski definition) is 0. The molecule has 7 heteroatoms. The van der Waals surface area contributed by atoms with Crippen LogP contribution in [0.3, 0.4) is 0 Å². The number of carbonyl (C=O) groups is 2. The molecule has 154 valence electrons. The molecule has 1 saturated heterocycles. The van der Waals surface area contributed by atoms with Gasteiger partial charge in [0, 0.05) is 17.9 Å². The molecule has 2 atom stereocenters. The van der Waals surface area contributed by atoms with E-state index in [1.54, 1.807) is 45.4 Å². The number of carbonyl (C=O) groups excluding carboxylic acids is 2. The second-order valence-corrected chi connectivity index (χ2v) is 6.53. The van der Waals surface area contributed by atoms with Crippen LogP contribution in [-0.4, -0.2) is 51.3 Å². The number of amides is 1. The molecule has 1 amide bonds. The topological polar surface area (TPSA) is 68.3 Å². The summed E-state index contributed by atoms with van der Waals surface area (Å²) in [4.78, 5) is 29.3. The first-order valence-corrected chi connectivity index (χ1v) is 9.60. The van der Waals surface area contributed by atoms with Gasteiger partial charge in [-0.2, -0.15) is 0 Å². The molecule has 2 aromatic carbocycles. The third-order valence-electron chi connectivity index (χ3n) is 5.03. The van der Waals surface area contributed by atoms with Gasteiger partial charge >= 0.3 is 5.97 Å². The predicted octanol–water partition coefficient (Wildman–Crippen LogP) is 2.88. The molecule has 3 rings (SSSR count). The van der Waals surface area contributed by atoms with Crippen LogP contribution in [0, 0.1) is 0 Å². The Hall–Kier alpha value is -3.22. The van der Waals surface area contributed by atoms with Gasteiger partial charge in [-0.15, -0.1) is 0 Å². The molecule has 1 heterocycles. The maximum Gasteiger partial charge on any atom is 0.331 e. The standard InChI is InChI=1S/C22H26N2O5/c1-5-23(15-7-11-17(27-3)12-8-15)19-20(22(26)29-6-2)24(21(19)25)16-9-13-18(28-4)14-10-16/h7-14,19-20H,5-6H2,1-4H3/t19-,20+/m0/s1. The number of benzene rings is 2. The van der Waals surface area contributed by atoms with Crippen LogP contribution in [0.2, 0.25) is 0 Å². The zero-order chi connectivity index (χ0) is 21.0. The zero-order valence-electron chi connectivity index (χ0n) is 17.1. The molecule has 0 aromatic heterocycles. The number of nitrogens with zero attached hydrogens (tertiary/aromatic N) is 2. The number of esters is 1. The number of rotatable bonds is 8. The Morgan fingerprint density at radius 3 is 2.00 bits per heavy atom. The first-order chi connectivity index (χ1) is 14.0. The lowest BCUT2D eigenvalue weighted by molar-refractivity contribution is -0.151. The van der Waals surface area contributed by atoms with E-state index in [4.69, 9.17) is 14.2 Å². The lowest BCUT2D eigenvalue weighted by atomic mass is 9.91. The monoisotopic (exact) mass is 398 g/mol. The van der Waals surface area contributed by atoms with Crippen LogP contribution in [0.15, 0.2) is 48.5 Å². The third-order valence-corrected chi connectivity index (χ3v) is 5.03. The Labute approximate surface area is 170 Å². The quantitative estimate of drug-likeness (QED) is 0.503. The van der Waals surface area contributed by atoms with E-state index < -0.39 is 18.1 Å². The molecular formula is C22H26N2O5. The van der Waals surface area contributed by atoms with Crippen molar-refractivity contribution in [3.8, 4) is 11.5 Å². The van der Waals surface area contributed by atoms with Crippen LogP contribution in [0.25, 0.3) is 0 Å². The van der Waals surface area contributed by atoms with E-state index in [2.05, 4.69) is 0 Å². The Morgan fingerprint density at radius 1 is 0.966 bits per heavy atom. The van der Waals surface area contributed by atoms with Crippen LogP contribution >= 0.6 is 0 Å². The lowest BCUT2D eigenvalue weighted by Gasteiger charge is -2.50. The molecule has 2 aromatic rings. The normalized spacial score (nSPS) is 18.1. The fourth-order valence-electron chi connectivity index (χ4n) is 3.58. The summed E-state index contributed by atoms with van der Waals surface area (Å²) in [5.41, 5.74) is 1.48. The molecule has 29 heavy (non-hydrogen) atoms. The molecule has 1 fully saturated rings. The van der Waals surface area contributed by atoms with Crippen molar-refractivity contribution in [2.24, 2.45) is 0 Å². The van der Waals surface area contributed by atoms with Crippen molar-refractivity contribution in [3.63, 3.8) is 0 Å². The van der Waals surface area contributed by atoms with E-state index in [9.17, 15) is 9.59 Å². The van der Waals surface area contributed by atoms with E-state index in [0.717, 1.165) is 11.4 Å². The number of hydrogen-bond acceptors (Lipinski definition) is 6. The summed E-state index contributed by atoms with van der Waals surface area (Å²) in [6, 6.07) is 13.1. The highest BCUT2D eigenvalue weighted by atomic mass is 16.5. The van der Waals surface area contributed by atoms with Crippen LogP contribution in [0.4, 0.5) is 11.4 Å². The van der Waals surface area contributed by atoms with Gasteiger partial charge in [0.05, 0.1) is 20.8 Å². The number of ether oxygens (including phenoxy) is 3. The highest BCUT2D eigenvalue weighted by Crippen LogP contribution is 2.35. The van der Waals surface area contributed by atoms with E-state index in [1.807, 2.05) is 36.1 Å². The summed E-state index contributed by atoms with van der Waals surface area (Å²) in [6.07, 6.45) is 0. The van der Waals surface area contributed by atoms with Gasteiger partial charge in [-0.1, -0.05) is 0 Å². The van der Waals surface area contributed by atoms with Gasteiger partial charge in [-0.25, -0.2) is 4.79 Å². The van der Waals surface area contributed by atoms with Gasteiger partial charge in [0.1, 0.15) is 17.5 Å². The van der Waals surface area contributed by atoms with Crippen LogP contribution in [0.5, 0.6) is 11.5 Å². The van der Waals surface area contributed by atoms with E-state index in [1.165, 1.54) is 4.90 Å². The molecule has 0 radical (unpaired) electrons. The van der Waals surface area contributed by atoms with E-state index in [0.29, 0.717) is 18.0 Å². The fraction of sp³-hybridized carbons (Fsp3) is 0.364. The minimum absolute atomic E-state index is 0.147. The minimum atomic E-state index is -0.724. The summed E-state index contributed by atoms with van der Waals surface area (Å²) < 4.78 is 15.7. The van der Waals surface area contributed by atoms with Crippen molar-refractivity contribution in [2.75, 3.05) is 37.2 Å². The zero-order valence-corrected chi connectivity index (χ0v) is 17.1.